The van der Waals surface area contributed by atoms with Gasteiger partial charge in [0.1, 0.15) is 5.56 Å². The number of nitrogens with zero attached hydrogens (tertiary/aromatic N) is 1. The fourth-order valence-corrected chi connectivity index (χ4v) is 3.15. The molecule has 2 aromatic carbocycles. The van der Waals surface area contributed by atoms with Gasteiger partial charge >= 0.3 is 11.3 Å². The molecular weight excluding hydrogens is 378 g/mol. The van der Waals surface area contributed by atoms with Gasteiger partial charge < -0.3 is 20.2 Å². The monoisotopic (exact) mass is 395 g/mol. The molecule has 1 aliphatic rings. The van der Waals surface area contributed by atoms with Gasteiger partial charge in [-0.2, -0.15) is 0 Å². The van der Waals surface area contributed by atoms with E-state index in [0.717, 1.165) is 18.4 Å². The number of nitro groups is 1. The maximum atomic E-state index is 12.6. The highest BCUT2D eigenvalue weighted by molar-refractivity contribution is 6.06. The van der Waals surface area contributed by atoms with Crippen LogP contribution in [0.2, 0.25) is 0 Å². The van der Waals surface area contributed by atoms with Gasteiger partial charge in [-0.25, -0.2) is 4.79 Å². The van der Waals surface area contributed by atoms with E-state index in [-0.39, 0.29) is 27.8 Å². The number of rotatable bonds is 5. The summed E-state index contributed by atoms with van der Waals surface area (Å²) in [5.74, 6) is -0.725. The number of anilines is 1. The zero-order chi connectivity index (χ0) is 20.8. The van der Waals surface area contributed by atoms with Crippen LogP contribution < -0.4 is 21.4 Å². The molecule has 4 rings (SSSR count). The average Bonchev–Trinajstić information content (AvgIpc) is 3.45. The Morgan fingerprint density at radius 3 is 2.52 bits per heavy atom. The largest absolute Gasteiger partial charge is 0.490 e. The molecule has 0 unspecified atom stereocenters. The smallest absolute Gasteiger partial charge is 0.353 e. The van der Waals surface area contributed by atoms with Crippen LogP contribution in [-0.2, 0) is 5.54 Å². The van der Waals surface area contributed by atoms with E-state index in [9.17, 15) is 19.7 Å². The van der Waals surface area contributed by atoms with E-state index in [1.54, 1.807) is 12.1 Å². The van der Waals surface area contributed by atoms with Crippen molar-refractivity contribution in [3.8, 4) is 5.75 Å². The van der Waals surface area contributed by atoms with Gasteiger partial charge in [0, 0.05) is 16.6 Å². The molecule has 148 valence electrons. The number of carbonyl (C=O) groups is 1. The van der Waals surface area contributed by atoms with Crippen molar-refractivity contribution in [3.05, 3.63) is 74.1 Å². The van der Waals surface area contributed by atoms with E-state index in [4.69, 9.17) is 14.9 Å². The van der Waals surface area contributed by atoms with Gasteiger partial charge in [0.15, 0.2) is 0 Å². The molecule has 29 heavy (non-hydrogen) atoms. The highest BCUT2D eigenvalue weighted by Crippen LogP contribution is 2.42. The van der Waals surface area contributed by atoms with Gasteiger partial charge in [0.25, 0.3) is 5.91 Å². The number of fused-ring (bicyclic) bond motifs is 1. The standard InChI is InChI=1S/C20H17N3O6/c1-28-15-7-2-11-10-14(19(25)29-17(11)16(15)23(26)27)18(24)22-13-5-3-12(4-6-13)20(21)8-9-20/h2-7,10H,8-9,21H2,1H3,(H,22,24). The minimum atomic E-state index is -0.984. The fourth-order valence-electron chi connectivity index (χ4n) is 3.15. The molecule has 1 aliphatic carbocycles. The summed E-state index contributed by atoms with van der Waals surface area (Å²) in [5.41, 5.74) is 5.36. The van der Waals surface area contributed by atoms with Crippen molar-refractivity contribution in [3.63, 3.8) is 0 Å². The molecule has 1 aromatic heterocycles. The predicted octanol–water partition coefficient (Wildman–Crippen LogP) is 2.91. The molecule has 0 aliphatic heterocycles. The highest BCUT2D eigenvalue weighted by Gasteiger charge is 2.39. The lowest BCUT2D eigenvalue weighted by Crippen LogP contribution is -2.21. The van der Waals surface area contributed by atoms with Crippen LogP contribution in [-0.4, -0.2) is 17.9 Å². The summed E-state index contributed by atoms with van der Waals surface area (Å²) in [5, 5.41) is 14.2. The summed E-state index contributed by atoms with van der Waals surface area (Å²) in [6, 6.07) is 11.2. The van der Waals surface area contributed by atoms with Gasteiger partial charge in [-0.05, 0) is 48.7 Å². The quantitative estimate of drug-likeness (QED) is 0.385. The molecule has 1 fully saturated rings. The van der Waals surface area contributed by atoms with E-state index in [2.05, 4.69) is 5.32 Å². The van der Waals surface area contributed by atoms with Crippen LogP contribution in [0, 0.1) is 10.1 Å². The van der Waals surface area contributed by atoms with E-state index in [1.807, 2.05) is 12.1 Å². The van der Waals surface area contributed by atoms with Crippen molar-refractivity contribution in [2.24, 2.45) is 5.73 Å². The lowest BCUT2D eigenvalue weighted by molar-refractivity contribution is -0.384. The van der Waals surface area contributed by atoms with E-state index in [1.165, 1.54) is 25.3 Å². The van der Waals surface area contributed by atoms with Gasteiger partial charge in [0.05, 0.1) is 12.0 Å². The maximum Gasteiger partial charge on any atom is 0.353 e. The molecule has 0 saturated heterocycles. The van der Waals surface area contributed by atoms with Crippen molar-refractivity contribution in [1.29, 1.82) is 0 Å². The van der Waals surface area contributed by atoms with E-state index < -0.39 is 22.1 Å². The number of hydrogen-bond donors (Lipinski definition) is 2. The number of hydrogen-bond acceptors (Lipinski definition) is 7. The summed E-state index contributed by atoms with van der Waals surface area (Å²) in [6.45, 7) is 0. The molecule has 1 amide bonds. The molecule has 1 saturated carbocycles. The summed E-state index contributed by atoms with van der Waals surface area (Å²) in [7, 11) is 1.27. The third-order valence-corrected chi connectivity index (χ3v) is 4.99. The first kappa shape index (κ1) is 18.6. The Bertz CT molecular complexity index is 1200. The topological polar surface area (TPSA) is 138 Å². The number of ether oxygens (including phenoxy) is 1. The molecule has 9 heteroatoms. The van der Waals surface area contributed by atoms with E-state index >= 15 is 0 Å². The van der Waals surface area contributed by atoms with Crippen LogP contribution in [0.3, 0.4) is 0 Å². The van der Waals surface area contributed by atoms with Gasteiger partial charge in [-0.1, -0.05) is 12.1 Å². The third-order valence-electron chi connectivity index (χ3n) is 4.99. The number of nitro benzene ring substituents is 1. The van der Waals surface area contributed by atoms with Crippen LogP contribution in [0.4, 0.5) is 11.4 Å². The second kappa shape index (κ2) is 6.71. The first-order valence-corrected chi connectivity index (χ1v) is 8.82. The predicted molar refractivity (Wildman–Crippen MR) is 105 cm³/mol. The Kier molecular flexibility index (Phi) is 4.31. The second-order valence-electron chi connectivity index (χ2n) is 6.93. The molecule has 3 N–H and O–H groups in total. The third kappa shape index (κ3) is 3.32. The van der Waals surface area contributed by atoms with E-state index in [0.29, 0.717) is 5.69 Å². The Balaban J connectivity index is 1.66. The van der Waals surface area contributed by atoms with Crippen LogP contribution in [0.15, 0.2) is 51.7 Å². The zero-order valence-corrected chi connectivity index (χ0v) is 15.4. The highest BCUT2D eigenvalue weighted by atomic mass is 16.6. The molecule has 0 bridgehead atoms. The first-order valence-electron chi connectivity index (χ1n) is 8.82. The molecule has 0 radical (unpaired) electrons. The number of methoxy groups -OCH3 is 1. The zero-order valence-electron chi connectivity index (χ0n) is 15.4. The minimum Gasteiger partial charge on any atom is -0.490 e. The average molecular weight is 395 g/mol. The summed E-state index contributed by atoms with van der Waals surface area (Å²) >= 11 is 0. The molecule has 0 spiro atoms. The normalized spacial score (nSPS) is 14.4. The SMILES string of the molecule is COc1ccc2cc(C(=O)Nc3ccc(C4(N)CC4)cc3)c(=O)oc2c1[N+](=O)[O-]. The second-order valence-corrected chi connectivity index (χ2v) is 6.93. The van der Waals surface area contributed by atoms with Crippen LogP contribution in [0.5, 0.6) is 5.75 Å². The Morgan fingerprint density at radius 1 is 1.24 bits per heavy atom. The lowest BCUT2D eigenvalue weighted by atomic mass is 10.1. The van der Waals surface area contributed by atoms with Crippen LogP contribution in [0.25, 0.3) is 11.0 Å². The molecular formula is C20H17N3O6. The molecule has 0 atom stereocenters. The number of benzene rings is 2. The fraction of sp³-hybridized carbons (Fsp3) is 0.200. The molecule has 9 nitrogen and oxygen atoms in total. The van der Waals surface area contributed by atoms with Crippen molar-refractivity contribution in [2.75, 3.05) is 12.4 Å². The van der Waals surface area contributed by atoms with Crippen molar-refractivity contribution >= 4 is 28.3 Å². The number of nitrogens with one attached hydrogen (secondary N) is 1. The van der Waals surface area contributed by atoms with Crippen molar-refractivity contribution < 1.29 is 18.9 Å². The van der Waals surface area contributed by atoms with Gasteiger partial charge in [-0.3, -0.25) is 14.9 Å². The molecule has 3 aromatic rings. The van der Waals surface area contributed by atoms with Gasteiger partial charge in [-0.15, -0.1) is 0 Å². The van der Waals surface area contributed by atoms with Crippen molar-refractivity contribution in [1.82, 2.24) is 0 Å². The summed E-state index contributed by atoms with van der Waals surface area (Å²) in [6.07, 6.45) is 1.85. The Morgan fingerprint density at radius 2 is 1.93 bits per heavy atom. The number of carbonyl (C=O) groups excluding carboxylic acids is 1. The Hall–Kier alpha value is -3.72. The minimum absolute atomic E-state index is 0.0451. The van der Waals surface area contributed by atoms with Crippen LogP contribution >= 0.6 is 0 Å². The molecule has 1 heterocycles. The number of nitrogens with two attached hydrogens (primary N) is 1. The summed E-state index contributed by atoms with van der Waals surface area (Å²) in [4.78, 5) is 35.5. The first-order chi connectivity index (χ1) is 13.8. The van der Waals surface area contributed by atoms with Crippen LogP contribution in [0.1, 0.15) is 28.8 Å². The lowest BCUT2D eigenvalue weighted by Gasteiger charge is -2.10. The van der Waals surface area contributed by atoms with Gasteiger partial charge in [0.2, 0.25) is 11.3 Å². The summed E-state index contributed by atoms with van der Waals surface area (Å²) < 4.78 is 10.1. The van der Waals surface area contributed by atoms with Crippen molar-refractivity contribution in [2.45, 2.75) is 18.4 Å². The Labute approximate surface area is 164 Å². The maximum absolute atomic E-state index is 12.6. The number of amides is 1.